The molecule has 0 amide bonds. The van der Waals surface area contributed by atoms with E-state index in [1.807, 2.05) is 0 Å². The molecular weight excluding hydrogens is 746 g/mol. The van der Waals surface area contributed by atoms with Crippen molar-refractivity contribution in [2.45, 2.75) is 76.7 Å². The molecule has 1 aliphatic heterocycles. The molecule has 1 saturated carbocycles. The number of nitrogens with zero attached hydrogens (tertiary/aromatic N) is 6. The van der Waals surface area contributed by atoms with Crippen molar-refractivity contribution in [3.63, 3.8) is 0 Å². The van der Waals surface area contributed by atoms with Crippen LogP contribution >= 0.6 is 12.4 Å². The minimum absolute atomic E-state index is 0. The van der Waals surface area contributed by atoms with E-state index in [0.29, 0.717) is 44.4 Å². The fraction of sp³-hybridized carbons (Fsp3) is 0.548. The highest BCUT2D eigenvalue weighted by Crippen LogP contribution is 2.49. The van der Waals surface area contributed by atoms with Gasteiger partial charge in [0.15, 0.2) is 11.5 Å². The van der Waals surface area contributed by atoms with E-state index in [2.05, 4.69) is 24.9 Å². The molecule has 1 fully saturated rings. The SMILES string of the molecule is CCN(CC1CCC(CC(=O)O)CC1)c1cc2c(cc1CN(Cc1cc(C(F)(F)F)cc(C(F)(F)F)c1)c1nnn(C)n1)OC(F)(F)C(F)(F)O2.Cl. The molecule has 0 bridgehead atoms. The molecule has 21 heteroatoms. The minimum Gasteiger partial charge on any atom is -0.481 e. The number of carboxylic acid groups (broad SMARTS) is 1. The first-order chi connectivity index (χ1) is 23.6. The van der Waals surface area contributed by atoms with Gasteiger partial charge in [-0.2, -0.15) is 48.7 Å². The number of carboxylic acids is 1. The second kappa shape index (κ2) is 15.0. The van der Waals surface area contributed by atoms with E-state index in [1.165, 1.54) is 7.05 Å². The van der Waals surface area contributed by atoms with Gasteiger partial charge in [0.25, 0.3) is 5.95 Å². The van der Waals surface area contributed by atoms with E-state index in [1.54, 1.807) is 11.8 Å². The Bertz CT molecular complexity index is 1700. The summed E-state index contributed by atoms with van der Waals surface area (Å²) in [5.41, 5.74) is -3.35. The number of alkyl halides is 10. The Balaban J connectivity index is 0.00000605. The molecule has 0 spiro atoms. The summed E-state index contributed by atoms with van der Waals surface area (Å²) in [7, 11) is 1.35. The van der Waals surface area contributed by atoms with Gasteiger partial charge in [0.1, 0.15) is 0 Å². The number of fused-ring (bicyclic) bond motifs is 1. The first kappa shape index (κ1) is 40.5. The lowest BCUT2D eigenvalue weighted by atomic mass is 9.80. The fourth-order valence-corrected chi connectivity index (χ4v) is 6.28. The Kier molecular flexibility index (Phi) is 11.7. The number of hydrogen-bond acceptors (Lipinski definition) is 8. The van der Waals surface area contributed by atoms with E-state index in [-0.39, 0.29) is 60.5 Å². The molecule has 52 heavy (non-hydrogen) atoms. The highest BCUT2D eigenvalue weighted by atomic mass is 35.5. The van der Waals surface area contributed by atoms with E-state index in [9.17, 15) is 48.7 Å². The molecule has 10 nitrogen and oxygen atoms in total. The van der Waals surface area contributed by atoms with Gasteiger partial charge >= 0.3 is 30.5 Å². The number of anilines is 2. The largest absolute Gasteiger partial charge is 0.507 e. The molecule has 1 aliphatic carbocycles. The number of carbonyl (C=O) groups is 1. The van der Waals surface area contributed by atoms with Crippen molar-refractivity contribution in [3.05, 3.63) is 52.6 Å². The van der Waals surface area contributed by atoms with Crippen LogP contribution in [0.2, 0.25) is 0 Å². The predicted molar refractivity (Wildman–Crippen MR) is 166 cm³/mol. The van der Waals surface area contributed by atoms with Crippen molar-refractivity contribution in [1.29, 1.82) is 0 Å². The fourth-order valence-electron chi connectivity index (χ4n) is 6.28. The van der Waals surface area contributed by atoms with Gasteiger partial charge in [-0.3, -0.25) is 4.79 Å². The van der Waals surface area contributed by atoms with Crippen LogP contribution in [0.25, 0.3) is 0 Å². The first-order valence-electron chi connectivity index (χ1n) is 15.7. The van der Waals surface area contributed by atoms with Crippen molar-refractivity contribution in [1.82, 2.24) is 20.2 Å². The highest BCUT2D eigenvalue weighted by Gasteiger charge is 2.66. The topological polar surface area (TPSA) is 106 Å². The molecule has 2 heterocycles. The van der Waals surface area contributed by atoms with Crippen molar-refractivity contribution >= 4 is 30.0 Å². The van der Waals surface area contributed by atoms with Crippen LogP contribution in [0.4, 0.5) is 55.5 Å². The third-order valence-corrected chi connectivity index (χ3v) is 8.75. The maximum atomic E-state index is 14.3. The van der Waals surface area contributed by atoms with E-state index >= 15 is 0 Å². The molecule has 0 radical (unpaired) electrons. The number of hydrogen-bond donors (Lipinski definition) is 1. The summed E-state index contributed by atoms with van der Waals surface area (Å²) in [5, 5.41) is 20.7. The van der Waals surface area contributed by atoms with Crippen molar-refractivity contribution in [2.24, 2.45) is 18.9 Å². The van der Waals surface area contributed by atoms with Crippen LogP contribution in [0.1, 0.15) is 61.3 Å². The lowest BCUT2D eigenvalue weighted by Gasteiger charge is -2.36. The molecule has 2 aliphatic rings. The normalized spacial score (nSPS) is 19.5. The van der Waals surface area contributed by atoms with Crippen LogP contribution in [0.15, 0.2) is 30.3 Å². The number of benzene rings is 2. The zero-order valence-electron chi connectivity index (χ0n) is 27.4. The third-order valence-electron chi connectivity index (χ3n) is 8.75. The smallest absolute Gasteiger partial charge is 0.481 e. The molecule has 0 unspecified atom stereocenters. The Hall–Kier alpha value is -4.23. The quantitative estimate of drug-likeness (QED) is 0.194. The molecule has 1 N–H and O–H groups in total. The van der Waals surface area contributed by atoms with E-state index < -0.39 is 71.8 Å². The Morgan fingerprint density at radius 1 is 0.865 bits per heavy atom. The summed E-state index contributed by atoms with van der Waals surface area (Å²) in [6.45, 7) is 1.14. The van der Waals surface area contributed by atoms with Gasteiger partial charge in [-0.15, -0.1) is 17.5 Å². The standard InChI is InChI=1S/C31H32F10N6O4.ClH/c1-3-46(14-18-6-4-17(5-7-18)10-26(48)49)23-13-25-24(50-30(38,39)31(40,41)51-25)11-20(23)16-47(27-42-44-45(2)43-27)15-19-8-21(28(32,33)34)12-22(9-19)29(35,36)37;/h8-9,11-13,17-18H,3-7,10,14-16H2,1-2H3,(H,48,49);1H. The molecule has 1 aromatic heterocycles. The number of aryl methyl sites for hydroxylation is 1. The Morgan fingerprint density at radius 2 is 1.40 bits per heavy atom. The maximum Gasteiger partial charge on any atom is 0.507 e. The summed E-state index contributed by atoms with van der Waals surface area (Å²) >= 11 is 0. The van der Waals surface area contributed by atoms with Crippen molar-refractivity contribution < 1.29 is 63.3 Å². The van der Waals surface area contributed by atoms with Crippen LogP contribution in [-0.4, -0.2) is 56.6 Å². The highest BCUT2D eigenvalue weighted by molar-refractivity contribution is 5.85. The van der Waals surface area contributed by atoms with Gasteiger partial charge in [0.2, 0.25) is 0 Å². The van der Waals surface area contributed by atoms with Crippen LogP contribution in [0, 0.1) is 11.8 Å². The van der Waals surface area contributed by atoms with E-state index in [4.69, 9.17) is 5.11 Å². The third kappa shape index (κ3) is 9.22. The van der Waals surface area contributed by atoms with Gasteiger partial charge in [-0.25, -0.2) is 0 Å². The molecule has 0 atom stereocenters. The summed E-state index contributed by atoms with van der Waals surface area (Å²) < 4.78 is 148. The van der Waals surface area contributed by atoms with Crippen molar-refractivity contribution in [2.75, 3.05) is 22.9 Å². The maximum absolute atomic E-state index is 14.3. The number of halogens is 11. The summed E-state index contributed by atoms with van der Waals surface area (Å²) in [6.07, 6.45) is -17.9. The molecule has 2 aromatic carbocycles. The summed E-state index contributed by atoms with van der Waals surface area (Å²) in [5.74, 6) is -2.72. The van der Waals surface area contributed by atoms with Gasteiger partial charge < -0.3 is 24.4 Å². The average molecular weight is 779 g/mol. The molecule has 288 valence electrons. The Labute approximate surface area is 296 Å². The minimum atomic E-state index is -5.14. The van der Waals surface area contributed by atoms with Crippen molar-refractivity contribution in [3.8, 4) is 11.5 Å². The van der Waals surface area contributed by atoms with Crippen LogP contribution in [-0.2, 0) is 37.3 Å². The first-order valence-corrected chi connectivity index (χ1v) is 15.7. The van der Waals surface area contributed by atoms with Gasteiger partial charge in [0, 0.05) is 44.4 Å². The Morgan fingerprint density at radius 3 is 1.88 bits per heavy atom. The van der Waals surface area contributed by atoms with Gasteiger partial charge in [-0.1, -0.05) is 5.10 Å². The number of tetrazole rings is 1. The molecular formula is C31H33ClF10N6O4. The molecule has 0 saturated heterocycles. The number of rotatable bonds is 11. The number of aromatic nitrogens is 4. The van der Waals surface area contributed by atoms with Gasteiger partial charge in [-0.05, 0) is 85.0 Å². The van der Waals surface area contributed by atoms with Gasteiger partial charge in [0.05, 0.1) is 18.2 Å². The zero-order valence-corrected chi connectivity index (χ0v) is 28.3. The monoisotopic (exact) mass is 778 g/mol. The second-order valence-electron chi connectivity index (χ2n) is 12.5. The number of aliphatic carboxylic acids is 1. The van der Waals surface area contributed by atoms with Crippen LogP contribution in [0.5, 0.6) is 11.5 Å². The number of ether oxygens (including phenoxy) is 2. The zero-order chi connectivity index (χ0) is 37.5. The molecule has 3 aromatic rings. The van der Waals surface area contributed by atoms with Crippen LogP contribution < -0.4 is 19.3 Å². The van der Waals surface area contributed by atoms with E-state index in [0.717, 1.165) is 21.8 Å². The van der Waals surface area contributed by atoms with Crippen LogP contribution in [0.3, 0.4) is 0 Å². The second-order valence-corrected chi connectivity index (χ2v) is 12.5. The lowest BCUT2D eigenvalue weighted by molar-refractivity contribution is -0.391. The predicted octanol–water partition coefficient (Wildman–Crippen LogP) is 7.94. The molecule has 5 rings (SSSR count). The lowest BCUT2D eigenvalue weighted by Crippen LogP contribution is -2.52. The summed E-state index contributed by atoms with van der Waals surface area (Å²) in [6, 6.07) is 3.05. The summed E-state index contributed by atoms with van der Waals surface area (Å²) in [4.78, 5) is 15.0. The average Bonchev–Trinajstić information content (AvgIpc) is 3.45.